The van der Waals surface area contributed by atoms with Gasteiger partial charge in [-0.05, 0) is 69.5 Å². The molecule has 0 unspecified atom stereocenters. The number of nitrogens with one attached hydrogen (secondary N) is 1. The Morgan fingerprint density at radius 2 is 1.71 bits per heavy atom. The quantitative estimate of drug-likeness (QED) is 0.449. The molecule has 6 rings (SSSR count). The fraction of sp³-hybridized carbons (Fsp3) is 0.429. The number of imidazole rings is 1. The van der Waals surface area contributed by atoms with Gasteiger partial charge >= 0.3 is 5.69 Å². The molecule has 2 aromatic heterocycles. The minimum Gasteiger partial charge on any atom is -0.383 e. The third kappa shape index (κ3) is 3.69. The van der Waals surface area contributed by atoms with E-state index in [1.807, 2.05) is 16.3 Å². The number of nitrogens with two attached hydrogens (primary N) is 1. The highest BCUT2D eigenvalue weighted by atomic mass is 16.1. The third-order valence-electron chi connectivity index (χ3n) is 7.96. The first kappa shape index (κ1) is 22.2. The van der Waals surface area contributed by atoms with Gasteiger partial charge in [0.25, 0.3) is 0 Å². The van der Waals surface area contributed by atoms with Crippen LogP contribution >= 0.6 is 0 Å². The van der Waals surface area contributed by atoms with Crippen molar-refractivity contribution in [1.82, 2.24) is 24.2 Å². The number of benzene rings is 2. The number of rotatable bonds is 4. The second kappa shape index (κ2) is 8.72. The molecule has 7 nitrogen and oxygen atoms in total. The van der Waals surface area contributed by atoms with E-state index < -0.39 is 0 Å². The monoisotopic (exact) mass is 470 g/mol. The fourth-order valence-electron chi connectivity index (χ4n) is 6.09. The van der Waals surface area contributed by atoms with Gasteiger partial charge in [-0.2, -0.15) is 5.10 Å². The second-order valence-electron chi connectivity index (χ2n) is 10.3. The van der Waals surface area contributed by atoms with Gasteiger partial charge in [0.05, 0.1) is 22.6 Å². The van der Waals surface area contributed by atoms with E-state index in [1.54, 1.807) is 4.57 Å². The van der Waals surface area contributed by atoms with Crippen LogP contribution in [0.3, 0.4) is 0 Å². The Balaban J connectivity index is 1.54. The number of aromatic nitrogens is 4. The van der Waals surface area contributed by atoms with Crippen LogP contribution < -0.4 is 16.7 Å². The van der Waals surface area contributed by atoms with Crippen LogP contribution in [0.5, 0.6) is 0 Å². The van der Waals surface area contributed by atoms with Crippen LogP contribution in [0.2, 0.25) is 0 Å². The van der Waals surface area contributed by atoms with Gasteiger partial charge in [0.1, 0.15) is 11.5 Å². The van der Waals surface area contributed by atoms with Crippen LogP contribution in [-0.4, -0.2) is 32.0 Å². The number of anilines is 1. The number of nitrogen functional groups attached to an aromatic ring is 1. The summed E-state index contributed by atoms with van der Waals surface area (Å²) in [6.45, 7) is 4.05. The molecule has 0 radical (unpaired) electrons. The van der Waals surface area contributed by atoms with Gasteiger partial charge in [-0.25, -0.2) is 9.48 Å². The molecule has 1 saturated heterocycles. The molecule has 1 aliphatic carbocycles. The van der Waals surface area contributed by atoms with E-state index in [0.717, 1.165) is 72.2 Å². The third-order valence-corrected chi connectivity index (χ3v) is 7.96. The maximum atomic E-state index is 13.2. The Morgan fingerprint density at radius 3 is 2.46 bits per heavy atom. The summed E-state index contributed by atoms with van der Waals surface area (Å²) in [7, 11) is 1.88. The molecule has 0 atom stereocenters. The molecule has 2 aromatic carbocycles. The van der Waals surface area contributed by atoms with Gasteiger partial charge in [0, 0.05) is 18.7 Å². The van der Waals surface area contributed by atoms with Gasteiger partial charge in [0.15, 0.2) is 0 Å². The maximum Gasteiger partial charge on any atom is 0.329 e. The molecule has 1 saturated carbocycles. The summed E-state index contributed by atoms with van der Waals surface area (Å²) in [5.74, 6) is 0.702. The van der Waals surface area contributed by atoms with E-state index in [4.69, 9.17) is 10.8 Å². The molecule has 0 bridgehead atoms. The molecule has 182 valence electrons. The van der Waals surface area contributed by atoms with Crippen molar-refractivity contribution in [2.24, 2.45) is 7.05 Å². The average Bonchev–Trinajstić information content (AvgIpc) is 3.58. The highest BCUT2D eigenvalue weighted by Crippen LogP contribution is 2.40. The molecule has 2 aliphatic rings. The van der Waals surface area contributed by atoms with E-state index in [9.17, 15) is 4.79 Å². The largest absolute Gasteiger partial charge is 0.383 e. The zero-order valence-corrected chi connectivity index (χ0v) is 20.6. The zero-order valence-electron chi connectivity index (χ0n) is 20.6. The maximum absolute atomic E-state index is 13.2. The van der Waals surface area contributed by atoms with Crippen molar-refractivity contribution in [3.8, 4) is 22.4 Å². The number of hydrogen-bond acceptors (Lipinski definition) is 4. The smallest absolute Gasteiger partial charge is 0.329 e. The standard InChI is InChI=1S/C28H34N6O/c1-18-6-5-7-20(16-18)26-25(27(29)34(31-26)22-12-14-30-15-13-22)19-10-11-23-24(17-19)32(2)28(35)33(23)21-8-3-4-9-21/h5-7,10-11,16-17,21-22,30H,3-4,8-9,12-15,29H2,1-2H3. The number of nitrogens with zero attached hydrogens (tertiary/aromatic N) is 4. The molecule has 0 spiro atoms. The Morgan fingerprint density at radius 1 is 0.943 bits per heavy atom. The lowest BCUT2D eigenvalue weighted by atomic mass is 9.99. The Kier molecular flexibility index (Phi) is 5.52. The highest BCUT2D eigenvalue weighted by Gasteiger charge is 2.27. The lowest BCUT2D eigenvalue weighted by Gasteiger charge is -2.24. The van der Waals surface area contributed by atoms with E-state index in [1.165, 1.54) is 18.4 Å². The topological polar surface area (TPSA) is 82.8 Å². The van der Waals surface area contributed by atoms with E-state index in [2.05, 4.69) is 54.7 Å². The molecule has 1 aliphatic heterocycles. The van der Waals surface area contributed by atoms with E-state index >= 15 is 0 Å². The van der Waals surface area contributed by atoms with E-state index in [0.29, 0.717) is 11.9 Å². The summed E-state index contributed by atoms with van der Waals surface area (Å²) < 4.78 is 5.84. The van der Waals surface area contributed by atoms with Crippen LogP contribution in [-0.2, 0) is 7.05 Å². The molecular formula is C28H34N6O. The van der Waals surface area contributed by atoms with Crippen molar-refractivity contribution in [3.05, 3.63) is 58.5 Å². The summed E-state index contributed by atoms with van der Waals surface area (Å²) in [6.07, 6.45) is 6.56. The van der Waals surface area contributed by atoms with Crippen molar-refractivity contribution < 1.29 is 0 Å². The van der Waals surface area contributed by atoms with Crippen LogP contribution in [0, 0.1) is 6.92 Å². The Hall–Kier alpha value is -3.32. The SMILES string of the molecule is Cc1cccc(-c2nn(C3CCNCC3)c(N)c2-c2ccc3c(c2)n(C)c(=O)n3C2CCCC2)c1. The lowest BCUT2D eigenvalue weighted by molar-refractivity contribution is 0.347. The minimum atomic E-state index is 0.0707. The van der Waals surface area contributed by atoms with Gasteiger partial charge < -0.3 is 11.1 Å². The van der Waals surface area contributed by atoms with Crippen LogP contribution in [0.25, 0.3) is 33.4 Å². The molecule has 7 heteroatoms. The second-order valence-corrected chi connectivity index (χ2v) is 10.3. The van der Waals surface area contributed by atoms with Crippen molar-refractivity contribution in [3.63, 3.8) is 0 Å². The van der Waals surface area contributed by atoms with Gasteiger partial charge in [0.2, 0.25) is 0 Å². The van der Waals surface area contributed by atoms with Crippen LogP contribution in [0.15, 0.2) is 47.3 Å². The summed E-state index contributed by atoms with van der Waals surface area (Å²) in [5.41, 5.74) is 14.0. The summed E-state index contributed by atoms with van der Waals surface area (Å²) in [4.78, 5) is 13.2. The molecule has 3 heterocycles. The number of hydrogen-bond donors (Lipinski definition) is 2. The first-order valence-corrected chi connectivity index (χ1v) is 12.9. The highest BCUT2D eigenvalue weighted by molar-refractivity contribution is 5.92. The molecule has 2 fully saturated rings. The van der Waals surface area contributed by atoms with Crippen molar-refractivity contribution in [1.29, 1.82) is 0 Å². The van der Waals surface area contributed by atoms with Gasteiger partial charge in [-0.1, -0.05) is 42.7 Å². The van der Waals surface area contributed by atoms with Crippen LogP contribution in [0.1, 0.15) is 56.2 Å². The van der Waals surface area contributed by atoms with E-state index in [-0.39, 0.29) is 11.7 Å². The van der Waals surface area contributed by atoms with Gasteiger partial charge in [-0.15, -0.1) is 0 Å². The molecule has 35 heavy (non-hydrogen) atoms. The van der Waals surface area contributed by atoms with Crippen LogP contribution in [0.4, 0.5) is 5.82 Å². The first-order chi connectivity index (χ1) is 17.0. The van der Waals surface area contributed by atoms with Crippen molar-refractivity contribution in [2.75, 3.05) is 18.8 Å². The average molecular weight is 471 g/mol. The predicted octanol–water partition coefficient (Wildman–Crippen LogP) is 4.80. The van der Waals surface area contributed by atoms with Gasteiger partial charge in [-0.3, -0.25) is 9.13 Å². The summed E-state index contributed by atoms with van der Waals surface area (Å²) >= 11 is 0. The summed E-state index contributed by atoms with van der Waals surface area (Å²) in [6, 6.07) is 15.4. The number of piperidine rings is 1. The Labute approximate surface area is 205 Å². The molecule has 3 N–H and O–H groups in total. The minimum absolute atomic E-state index is 0.0707. The molecule has 4 aromatic rings. The number of aryl methyl sites for hydroxylation is 2. The number of fused-ring (bicyclic) bond motifs is 1. The molecule has 0 amide bonds. The Bertz CT molecular complexity index is 1450. The van der Waals surface area contributed by atoms with Crippen molar-refractivity contribution in [2.45, 2.75) is 57.5 Å². The lowest BCUT2D eigenvalue weighted by Crippen LogP contribution is -2.30. The van der Waals surface area contributed by atoms with Crippen molar-refractivity contribution >= 4 is 16.9 Å². The fourth-order valence-corrected chi connectivity index (χ4v) is 6.09. The molecular weight excluding hydrogens is 436 g/mol. The first-order valence-electron chi connectivity index (χ1n) is 12.9. The zero-order chi connectivity index (χ0) is 24.1. The summed E-state index contributed by atoms with van der Waals surface area (Å²) in [5, 5.41) is 8.54. The normalized spacial score (nSPS) is 17.5. The predicted molar refractivity (Wildman–Crippen MR) is 142 cm³/mol.